The zero-order valence-corrected chi connectivity index (χ0v) is 13.4. The third-order valence-electron chi connectivity index (χ3n) is 3.71. The molecule has 0 fully saturated rings. The molecule has 0 amide bonds. The largest absolute Gasteiger partial charge is 0.497 e. The van der Waals surface area contributed by atoms with Gasteiger partial charge >= 0.3 is 0 Å². The van der Waals surface area contributed by atoms with Crippen molar-refractivity contribution in [3.63, 3.8) is 0 Å². The van der Waals surface area contributed by atoms with Crippen LogP contribution in [0.2, 0.25) is 5.02 Å². The predicted octanol–water partition coefficient (Wildman–Crippen LogP) is 4.06. The molecular formula is C18H14ClNO3. The SMILES string of the molecule is COc1ccc2[nH]c(=O)c(C(C)=O)c(-c3ccc(Cl)cc3)c2c1. The van der Waals surface area contributed by atoms with Gasteiger partial charge in [-0.05, 0) is 42.8 Å². The van der Waals surface area contributed by atoms with Gasteiger partial charge in [-0.2, -0.15) is 0 Å². The van der Waals surface area contributed by atoms with Crippen LogP contribution in [-0.2, 0) is 0 Å². The van der Waals surface area contributed by atoms with Gasteiger partial charge in [0, 0.05) is 21.5 Å². The maximum atomic E-state index is 12.4. The molecule has 0 spiro atoms. The van der Waals surface area contributed by atoms with Gasteiger partial charge in [0.05, 0.1) is 12.7 Å². The molecule has 116 valence electrons. The smallest absolute Gasteiger partial charge is 0.259 e. The minimum absolute atomic E-state index is 0.132. The standard InChI is InChI=1S/C18H14ClNO3/c1-10(21)16-17(11-3-5-12(19)6-4-11)14-9-13(23-2)7-8-15(14)20-18(16)22/h3-9H,1-2H3,(H,20,22). The van der Waals surface area contributed by atoms with Gasteiger partial charge in [-0.25, -0.2) is 0 Å². The summed E-state index contributed by atoms with van der Waals surface area (Å²) >= 11 is 5.94. The van der Waals surface area contributed by atoms with Crippen molar-refractivity contribution in [3.05, 3.63) is 63.4 Å². The Morgan fingerprint density at radius 3 is 2.43 bits per heavy atom. The molecule has 0 aliphatic carbocycles. The quantitative estimate of drug-likeness (QED) is 0.738. The maximum Gasteiger partial charge on any atom is 0.259 e. The molecule has 1 heterocycles. The van der Waals surface area contributed by atoms with Crippen LogP contribution < -0.4 is 10.3 Å². The van der Waals surface area contributed by atoms with Crippen molar-refractivity contribution in [1.29, 1.82) is 0 Å². The highest BCUT2D eigenvalue weighted by molar-refractivity contribution is 6.30. The number of carbonyl (C=O) groups is 1. The first-order chi connectivity index (χ1) is 11.0. The Kier molecular flexibility index (Phi) is 3.92. The first-order valence-corrected chi connectivity index (χ1v) is 7.40. The number of rotatable bonds is 3. The van der Waals surface area contributed by atoms with E-state index in [2.05, 4.69) is 4.98 Å². The number of nitrogens with one attached hydrogen (secondary N) is 1. The summed E-state index contributed by atoms with van der Waals surface area (Å²) in [5.41, 5.74) is 1.72. The lowest BCUT2D eigenvalue weighted by Gasteiger charge is -2.12. The number of aromatic nitrogens is 1. The summed E-state index contributed by atoms with van der Waals surface area (Å²) in [4.78, 5) is 27.2. The molecule has 4 nitrogen and oxygen atoms in total. The number of aromatic amines is 1. The van der Waals surface area contributed by atoms with E-state index < -0.39 is 5.56 Å². The molecule has 0 aliphatic rings. The number of ether oxygens (including phenoxy) is 1. The molecule has 1 N–H and O–H groups in total. The van der Waals surface area contributed by atoms with Crippen LogP contribution in [0.15, 0.2) is 47.3 Å². The van der Waals surface area contributed by atoms with Gasteiger partial charge < -0.3 is 9.72 Å². The lowest BCUT2D eigenvalue weighted by atomic mass is 9.94. The Labute approximate surface area is 137 Å². The van der Waals surface area contributed by atoms with Crippen LogP contribution >= 0.6 is 11.6 Å². The van der Waals surface area contributed by atoms with Crippen LogP contribution in [-0.4, -0.2) is 17.9 Å². The van der Waals surface area contributed by atoms with E-state index in [1.165, 1.54) is 6.92 Å². The number of halogens is 1. The van der Waals surface area contributed by atoms with Gasteiger partial charge in [-0.1, -0.05) is 23.7 Å². The number of methoxy groups -OCH3 is 1. The number of Topliss-reactive ketones (excluding diaryl/α,β-unsaturated/α-hetero) is 1. The average molecular weight is 328 g/mol. The van der Waals surface area contributed by atoms with Crippen LogP contribution in [0.5, 0.6) is 5.75 Å². The number of hydrogen-bond donors (Lipinski definition) is 1. The monoisotopic (exact) mass is 327 g/mol. The van der Waals surface area contributed by atoms with E-state index in [0.717, 1.165) is 10.9 Å². The number of carbonyl (C=O) groups excluding carboxylic acids is 1. The minimum Gasteiger partial charge on any atom is -0.497 e. The molecule has 0 bridgehead atoms. The minimum atomic E-state index is -0.403. The molecule has 0 aliphatic heterocycles. The van der Waals surface area contributed by atoms with Gasteiger partial charge in [-0.3, -0.25) is 9.59 Å². The van der Waals surface area contributed by atoms with E-state index in [4.69, 9.17) is 16.3 Å². The van der Waals surface area contributed by atoms with Crippen molar-refractivity contribution in [1.82, 2.24) is 4.98 Å². The van der Waals surface area contributed by atoms with Crippen LogP contribution in [0.3, 0.4) is 0 Å². The van der Waals surface area contributed by atoms with Crippen molar-refractivity contribution in [2.45, 2.75) is 6.92 Å². The summed E-state index contributed by atoms with van der Waals surface area (Å²) in [7, 11) is 1.57. The summed E-state index contributed by atoms with van der Waals surface area (Å²) in [5.74, 6) is 0.357. The third-order valence-corrected chi connectivity index (χ3v) is 3.96. The molecule has 0 atom stereocenters. The van der Waals surface area contributed by atoms with E-state index in [-0.39, 0.29) is 11.3 Å². The zero-order chi connectivity index (χ0) is 16.6. The van der Waals surface area contributed by atoms with E-state index in [1.54, 1.807) is 43.5 Å². The Balaban J connectivity index is 2.47. The normalized spacial score (nSPS) is 10.7. The van der Waals surface area contributed by atoms with Gasteiger partial charge in [0.2, 0.25) is 0 Å². The van der Waals surface area contributed by atoms with Crippen molar-refractivity contribution >= 4 is 28.3 Å². The lowest BCUT2D eigenvalue weighted by molar-refractivity contribution is 0.101. The predicted molar refractivity (Wildman–Crippen MR) is 91.6 cm³/mol. The average Bonchev–Trinajstić information content (AvgIpc) is 2.53. The molecule has 0 unspecified atom stereocenters. The molecule has 3 aromatic rings. The fourth-order valence-corrected chi connectivity index (χ4v) is 2.78. The second-order valence-electron chi connectivity index (χ2n) is 5.18. The molecule has 0 radical (unpaired) electrons. The number of H-pyrrole nitrogens is 1. The summed E-state index contributed by atoms with van der Waals surface area (Å²) in [6.45, 7) is 1.38. The van der Waals surface area contributed by atoms with E-state index in [0.29, 0.717) is 21.9 Å². The number of pyridine rings is 1. The van der Waals surface area contributed by atoms with Crippen molar-refractivity contribution < 1.29 is 9.53 Å². The van der Waals surface area contributed by atoms with E-state index in [1.807, 2.05) is 6.07 Å². The van der Waals surface area contributed by atoms with Crippen LogP contribution in [0, 0.1) is 0 Å². The highest BCUT2D eigenvalue weighted by atomic mass is 35.5. The first kappa shape index (κ1) is 15.3. The van der Waals surface area contributed by atoms with Gasteiger partial charge in [0.1, 0.15) is 5.75 Å². The number of ketones is 1. The second-order valence-corrected chi connectivity index (χ2v) is 5.62. The molecule has 3 rings (SSSR count). The molecule has 2 aromatic carbocycles. The highest BCUT2D eigenvalue weighted by Gasteiger charge is 2.18. The Morgan fingerprint density at radius 1 is 1.13 bits per heavy atom. The fraction of sp³-hybridized carbons (Fsp3) is 0.111. The number of hydrogen-bond acceptors (Lipinski definition) is 3. The molecule has 1 aromatic heterocycles. The Hall–Kier alpha value is -2.59. The lowest BCUT2D eigenvalue weighted by Crippen LogP contribution is -2.18. The molecule has 0 saturated heterocycles. The van der Waals surface area contributed by atoms with Crippen molar-refractivity contribution in [3.8, 4) is 16.9 Å². The topological polar surface area (TPSA) is 59.2 Å². The van der Waals surface area contributed by atoms with Crippen molar-refractivity contribution in [2.24, 2.45) is 0 Å². The molecule has 0 saturated carbocycles. The number of fused-ring (bicyclic) bond motifs is 1. The Bertz CT molecular complexity index is 958. The summed E-state index contributed by atoms with van der Waals surface area (Å²) in [6.07, 6.45) is 0. The number of benzene rings is 2. The fourth-order valence-electron chi connectivity index (χ4n) is 2.65. The van der Waals surface area contributed by atoms with Gasteiger partial charge in [-0.15, -0.1) is 0 Å². The summed E-state index contributed by atoms with van der Waals surface area (Å²) < 4.78 is 5.26. The molecular weight excluding hydrogens is 314 g/mol. The van der Waals surface area contributed by atoms with Crippen molar-refractivity contribution in [2.75, 3.05) is 7.11 Å². The zero-order valence-electron chi connectivity index (χ0n) is 12.6. The van der Waals surface area contributed by atoms with Gasteiger partial charge in [0.15, 0.2) is 5.78 Å². The van der Waals surface area contributed by atoms with Crippen LogP contribution in [0.1, 0.15) is 17.3 Å². The van der Waals surface area contributed by atoms with E-state index >= 15 is 0 Å². The molecule has 5 heteroatoms. The Morgan fingerprint density at radius 2 is 1.83 bits per heavy atom. The summed E-state index contributed by atoms with van der Waals surface area (Å²) in [6, 6.07) is 12.4. The highest BCUT2D eigenvalue weighted by Crippen LogP contribution is 2.32. The van der Waals surface area contributed by atoms with Crippen LogP contribution in [0.25, 0.3) is 22.0 Å². The van der Waals surface area contributed by atoms with Crippen LogP contribution in [0.4, 0.5) is 0 Å². The first-order valence-electron chi connectivity index (χ1n) is 7.02. The van der Waals surface area contributed by atoms with E-state index in [9.17, 15) is 9.59 Å². The maximum absolute atomic E-state index is 12.4. The van der Waals surface area contributed by atoms with Gasteiger partial charge in [0.25, 0.3) is 5.56 Å². The summed E-state index contributed by atoms with van der Waals surface area (Å²) in [5, 5.41) is 1.33. The second kappa shape index (κ2) is 5.89. The molecule has 23 heavy (non-hydrogen) atoms. The third kappa shape index (κ3) is 2.73.